The van der Waals surface area contributed by atoms with Crippen molar-refractivity contribution in [3.8, 4) is 0 Å². The smallest absolute Gasteiger partial charge is 0.268 e. The number of nitrogens with zero attached hydrogens (tertiary/aromatic N) is 4. The Balaban J connectivity index is 0.000000171. The first-order valence-corrected chi connectivity index (χ1v) is 10.3. The molecule has 2 aromatic carbocycles. The highest BCUT2D eigenvalue weighted by molar-refractivity contribution is 9.11. The Morgan fingerprint density at radius 2 is 1.23 bits per heavy atom. The number of hydrogen-bond acceptors (Lipinski definition) is 6. The number of carbonyl (C=O) groups excluding carboxylic acids is 2. The fourth-order valence-electron chi connectivity index (χ4n) is 2.33. The van der Waals surface area contributed by atoms with Crippen molar-refractivity contribution in [1.82, 2.24) is 19.9 Å². The summed E-state index contributed by atoms with van der Waals surface area (Å²) in [6, 6.07) is 6.69. The van der Waals surface area contributed by atoms with Gasteiger partial charge in [-0.25, -0.2) is 9.97 Å². The predicted octanol–water partition coefficient (Wildman–Crippen LogP) is 4.29. The van der Waals surface area contributed by atoms with E-state index in [0.717, 1.165) is 4.47 Å². The number of hydrogen-bond donors (Lipinski definition) is 2. The van der Waals surface area contributed by atoms with Gasteiger partial charge in [0, 0.05) is 19.0 Å². The molecule has 0 aliphatic rings. The molecule has 8 nitrogen and oxygen atoms in total. The Morgan fingerprint density at radius 1 is 0.733 bits per heavy atom. The molecule has 12 heteroatoms. The average Bonchev–Trinajstić information content (AvgIpc) is 2.67. The largest absolute Gasteiger partial charge is 0.364 e. The number of nitrogens with two attached hydrogens (primary N) is 2. The van der Waals surface area contributed by atoms with Crippen molar-refractivity contribution < 1.29 is 9.59 Å². The zero-order valence-electron chi connectivity index (χ0n) is 14.7. The summed E-state index contributed by atoms with van der Waals surface area (Å²) in [6.45, 7) is 0. The Kier molecular flexibility index (Phi) is 6.81. The molecule has 4 rings (SSSR count). The summed E-state index contributed by atoms with van der Waals surface area (Å²) in [5.74, 6) is -1.22. The third-order valence-corrected chi connectivity index (χ3v) is 5.28. The molecule has 2 heterocycles. The maximum Gasteiger partial charge on any atom is 0.268 e. The van der Waals surface area contributed by atoms with E-state index in [2.05, 4.69) is 51.8 Å². The lowest BCUT2D eigenvalue weighted by molar-refractivity contribution is 0.0987. The molecule has 4 N–H and O–H groups in total. The number of carbonyl (C=O) groups is 2. The van der Waals surface area contributed by atoms with Crippen LogP contribution in [0.1, 0.15) is 21.0 Å². The monoisotopic (exact) mass is 570 g/mol. The van der Waals surface area contributed by atoms with Crippen molar-refractivity contribution in [3.05, 3.63) is 67.0 Å². The van der Waals surface area contributed by atoms with Crippen molar-refractivity contribution in [2.45, 2.75) is 0 Å². The van der Waals surface area contributed by atoms with E-state index >= 15 is 0 Å². The molecule has 30 heavy (non-hydrogen) atoms. The minimum absolute atomic E-state index is 0.122. The summed E-state index contributed by atoms with van der Waals surface area (Å²) in [4.78, 5) is 38.0. The number of aromatic nitrogens is 4. The maximum atomic E-state index is 10.9. The molecule has 2 aromatic heterocycles. The molecule has 0 aliphatic carbocycles. The van der Waals surface area contributed by atoms with Gasteiger partial charge in [0.1, 0.15) is 22.4 Å². The number of rotatable bonds is 2. The van der Waals surface area contributed by atoms with Crippen LogP contribution in [0.5, 0.6) is 0 Å². The van der Waals surface area contributed by atoms with E-state index in [4.69, 9.17) is 34.7 Å². The lowest BCUT2D eigenvalue weighted by Gasteiger charge is -2.01. The van der Waals surface area contributed by atoms with Gasteiger partial charge in [0.05, 0.1) is 23.4 Å². The molecule has 2 amide bonds. The zero-order chi connectivity index (χ0) is 22.0. The van der Waals surface area contributed by atoms with Gasteiger partial charge in [0.15, 0.2) is 0 Å². The van der Waals surface area contributed by atoms with Gasteiger partial charge in [0.2, 0.25) is 0 Å². The zero-order valence-corrected chi connectivity index (χ0v) is 19.4. The summed E-state index contributed by atoms with van der Waals surface area (Å²) < 4.78 is 1.41. The fraction of sp³-hybridized carbons (Fsp3) is 0. The van der Waals surface area contributed by atoms with Crippen LogP contribution in [-0.4, -0.2) is 31.8 Å². The molecule has 0 saturated carbocycles. The van der Waals surface area contributed by atoms with Gasteiger partial charge in [-0.15, -0.1) is 0 Å². The van der Waals surface area contributed by atoms with E-state index in [1.807, 2.05) is 0 Å². The number of benzene rings is 2. The molecular weight excluding hydrogens is 563 g/mol. The van der Waals surface area contributed by atoms with Gasteiger partial charge in [0.25, 0.3) is 11.8 Å². The highest BCUT2D eigenvalue weighted by atomic mass is 79.9. The third kappa shape index (κ3) is 5.01. The first-order valence-electron chi connectivity index (χ1n) is 7.99. The number of fused-ring (bicyclic) bond motifs is 2. The Morgan fingerprint density at radius 3 is 1.83 bits per heavy atom. The van der Waals surface area contributed by atoms with Crippen molar-refractivity contribution >= 4 is 88.9 Å². The van der Waals surface area contributed by atoms with Crippen molar-refractivity contribution in [2.24, 2.45) is 11.5 Å². The molecule has 0 atom stereocenters. The number of amides is 2. The van der Waals surface area contributed by atoms with Gasteiger partial charge in [-0.3, -0.25) is 19.6 Å². The molecular formula is C18H10Br2Cl2N6O2. The van der Waals surface area contributed by atoms with E-state index in [0.29, 0.717) is 36.6 Å². The van der Waals surface area contributed by atoms with E-state index in [1.54, 1.807) is 24.3 Å². The van der Waals surface area contributed by atoms with Crippen LogP contribution in [0.25, 0.3) is 22.1 Å². The molecule has 0 bridgehead atoms. The topological polar surface area (TPSA) is 138 Å². The Hall–Kier alpha value is -2.40. The quantitative estimate of drug-likeness (QED) is 0.367. The molecule has 0 saturated heterocycles. The molecule has 0 spiro atoms. The summed E-state index contributed by atoms with van der Waals surface area (Å²) in [7, 11) is 0. The summed E-state index contributed by atoms with van der Waals surface area (Å²) in [5, 5.41) is 1.07. The van der Waals surface area contributed by atoms with Gasteiger partial charge >= 0.3 is 0 Å². The SMILES string of the molecule is NC(=O)c1cnc2c(Br)cc(Cl)cc2n1.NC(=O)c1cnc2cc(Cl)cc(Br)c2n1. The molecule has 0 radical (unpaired) electrons. The number of primary amides is 2. The van der Waals surface area contributed by atoms with Crippen LogP contribution in [0.2, 0.25) is 10.0 Å². The second-order valence-corrected chi connectivity index (χ2v) is 8.33. The van der Waals surface area contributed by atoms with Crippen molar-refractivity contribution in [3.63, 3.8) is 0 Å². The van der Waals surface area contributed by atoms with Crippen LogP contribution < -0.4 is 11.5 Å². The van der Waals surface area contributed by atoms with Crippen LogP contribution >= 0.6 is 55.1 Å². The van der Waals surface area contributed by atoms with E-state index < -0.39 is 11.8 Å². The van der Waals surface area contributed by atoms with Crippen LogP contribution in [0, 0.1) is 0 Å². The van der Waals surface area contributed by atoms with E-state index in [-0.39, 0.29) is 11.4 Å². The normalized spacial score (nSPS) is 10.5. The Bertz CT molecular complexity index is 1320. The molecule has 0 fully saturated rings. The lowest BCUT2D eigenvalue weighted by Crippen LogP contribution is -2.13. The van der Waals surface area contributed by atoms with E-state index in [9.17, 15) is 9.59 Å². The third-order valence-electron chi connectivity index (χ3n) is 3.64. The highest BCUT2D eigenvalue weighted by Gasteiger charge is 2.09. The summed E-state index contributed by atoms with van der Waals surface area (Å²) >= 11 is 18.3. The van der Waals surface area contributed by atoms with Crippen LogP contribution in [0.3, 0.4) is 0 Å². The van der Waals surface area contributed by atoms with Gasteiger partial charge < -0.3 is 11.5 Å². The number of halogens is 4. The first-order chi connectivity index (χ1) is 14.2. The average molecular weight is 573 g/mol. The van der Waals surface area contributed by atoms with Gasteiger partial charge in [-0.05, 0) is 56.1 Å². The van der Waals surface area contributed by atoms with Gasteiger partial charge in [-0.1, -0.05) is 23.2 Å². The van der Waals surface area contributed by atoms with Gasteiger partial charge in [-0.2, -0.15) is 0 Å². The second kappa shape index (κ2) is 9.17. The minimum Gasteiger partial charge on any atom is -0.364 e. The molecule has 0 unspecified atom stereocenters. The summed E-state index contributed by atoms with van der Waals surface area (Å²) in [5.41, 5.74) is 12.8. The predicted molar refractivity (Wildman–Crippen MR) is 122 cm³/mol. The molecule has 152 valence electrons. The van der Waals surface area contributed by atoms with Crippen LogP contribution in [0.4, 0.5) is 0 Å². The maximum absolute atomic E-state index is 10.9. The fourth-order valence-corrected chi connectivity index (χ4v) is 4.11. The Labute approximate surface area is 196 Å². The van der Waals surface area contributed by atoms with Crippen molar-refractivity contribution in [1.29, 1.82) is 0 Å². The minimum atomic E-state index is -0.611. The summed E-state index contributed by atoms with van der Waals surface area (Å²) in [6.07, 6.45) is 2.66. The molecule has 0 aliphatic heterocycles. The van der Waals surface area contributed by atoms with Crippen LogP contribution in [-0.2, 0) is 0 Å². The highest BCUT2D eigenvalue weighted by Crippen LogP contribution is 2.26. The molecule has 4 aromatic rings. The van der Waals surface area contributed by atoms with Crippen molar-refractivity contribution in [2.75, 3.05) is 0 Å². The van der Waals surface area contributed by atoms with E-state index in [1.165, 1.54) is 12.4 Å². The first kappa shape index (κ1) is 22.3. The van der Waals surface area contributed by atoms with Crippen LogP contribution in [0.15, 0.2) is 45.6 Å². The second-order valence-electron chi connectivity index (χ2n) is 5.75. The standard InChI is InChI=1S/2C9H5BrClN3O/c10-5-1-4(11)2-6-8(5)13-3-7(14-6)9(12)15;10-5-1-4(11)2-6-8(5)14-7(3-13-6)9(12)15/h2*1-3H,(H2,12,15). The lowest BCUT2D eigenvalue weighted by atomic mass is 10.3.